The average molecular weight is 440 g/mol. The van der Waals surface area contributed by atoms with Crippen molar-refractivity contribution in [2.75, 3.05) is 6.26 Å². The van der Waals surface area contributed by atoms with Crippen LogP contribution < -0.4 is 0 Å². The van der Waals surface area contributed by atoms with E-state index >= 15 is 0 Å². The molecular formula is C24H25NO3S2. The maximum absolute atomic E-state index is 14.0. The van der Waals surface area contributed by atoms with E-state index in [1.165, 1.54) is 11.8 Å². The van der Waals surface area contributed by atoms with E-state index in [0.29, 0.717) is 5.70 Å². The molecule has 0 aromatic heterocycles. The molecule has 1 heterocycles. The second-order valence-electron chi connectivity index (χ2n) is 7.99. The second-order valence-corrected chi connectivity index (χ2v) is 10.6. The number of nitrogens with zero attached hydrogens (tertiary/aromatic N) is 1. The summed E-state index contributed by atoms with van der Waals surface area (Å²) in [6.45, 7) is 5.78. The molecule has 2 aliphatic rings. The van der Waals surface area contributed by atoms with Crippen molar-refractivity contribution in [2.24, 2.45) is 5.92 Å². The van der Waals surface area contributed by atoms with Gasteiger partial charge >= 0.3 is 0 Å². The van der Waals surface area contributed by atoms with E-state index in [1.54, 1.807) is 28.6 Å². The molecule has 0 saturated heterocycles. The Morgan fingerprint density at radius 2 is 1.73 bits per heavy atom. The summed E-state index contributed by atoms with van der Waals surface area (Å²) in [4.78, 5) is 13.6. The van der Waals surface area contributed by atoms with Gasteiger partial charge in [0.05, 0.1) is 4.90 Å². The van der Waals surface area contributed by atoms with E-state index in [1.807, 2.05) is 63.4 Å². The zero-order valence-electron chi connectivity index (χ0n) is 17.5. The highest BCUT2D eigenvalue weighted by atomic mass is 32.2. The number of hydrogen-bond acceptors (Lipinski definition) is 4. The maximum Gasteiger partial charge on any atom is 0.265 e. The molecule has 1 aliphatic heterocycles. The molecule has 0 saturated carbocycles. The van der Waals surface area contributed by atoms with Crippen LogP contribution in [0.1, 0.15) is 30.0 Å². The third-order valence-electron chi connectivity index (χ3n) is 6.03. The van der Waals surface area contributed by atoms with Gasteiger partial charge in [-0.25, -0.2) is 8.42 Å². The Hall–Kier alpha value is -2.31. The van der Waals surface area contributed by atoms with Crippen molar-refractivity contribution in [3.05, 3.63) is 88.0 Å². The van der Waals surface area contributed by atoms with Gasteiger partial charge in [-0.05, 0) is 56.9 Å². The molecule has 0 N–H and O–H groups in total. The zero-order chi connectivity index (χ0) is 21.7. The SMILES string of the molecule is CSC1=C(C)N(S(=O)(=O)c2ccc(C)cc2)[C@@]2(c3cccc(C)c3)C=CC(=O)C[C@@H]12. The van der Waals surface area contributed by atoms with Crippen molar-refractivity contribution in [1.82, 2.24) is 4.31 Å². The van der Waals surface area contributed by atoms with E-state index in [-0.39, 0.29) is 23.0 Å². The lowest BCUT2D eigenvalue weighted by Crippen LogP contribution is -2.49. The molecule has 0 fully saturated rings. The first kappa shape index (κ1) is 20.9. The van der Waals surface area contributed by atoms with Crippen LogP contribution in [-0.4, -0.2) is 24.8 Å². The Balaban J connectivity index is 2.03. The summed E-state index contributed by atoms with van der Waals surface area (Å²) in [7, 11) is -3.86. The predicted molar refractivity (Wildman–Crippen MR) is 122 cm³/mol. The molecule has 0 amide bonds. The number of benzene rings is 2. The maximum atomic E-state index is 14.0. The van der Waals surface area contributed by atoms with Gasteiger partial charge in [0.1, 0.15) is 5.54 Å². The minimum absolute atomic E-state index is 0.0252. The van der Waals surface area contributed by atoms with Crippen LogP contribution in [0.4, 0.5) is 0 Å². The summed E-state index contributed by atoms with van der Waals surface area (Å²) in [5, 5.41) is 0. The van der Waals surface area contributed by atoms with E-state index in [4.69, 9.17) is 0 Å². The van der Waals surface area contributed by atoms with Crippen molar-refractivity contribution in [3.63, 3.8) is 0 Å². The van der Waals surface area contributed by atoms with Crippen LogP contribution in [0.3, 0.4) is 0 Å². The lowest BCUT2D eigenvalue weighted by Gasteiger charge is -2.43. The van der Waals surface area contributed by atoms with Gasteiger partial charge in [0.25, 0.3) is 10.0 Å². The molecule has 2 aromatic carbocycles. The highest BCUT2D eigenvalue weighted by Crippen LogP contribution is 2.57. The van der Waals surface area contributed by atoms with Crippen LogP contribution in [0.2, 0.25) is 0 Å². The number of hydrogen-bond donors (Lipinski definition) is 0. The Labute approximate surface area is 182 Å². The van der Waals surface area contributed by atoms with Gasteiger partial charge in [-0.3, -0.25) is 9.10 Å². The number of ketones is 1. The third kappa shape index (κ3) is 3.05. The molecule has 2 atom stereocenters. The third-order valence-corrected chi connectivity index (χ3v) is 8.98. The molecule has 4 nitrogen and oxygen atoms in total. The highest BCUT2D eigenvalue weighted by molar-refractivity contribution is 8.02. The molecule has 1 aliphatic carbocycles. The fourth-order valence-corrected chi connectivity index (χ4v) is 7.52. The molecule has 0 spiro atoms. The van der Waals surface area contributed by atoms with E-state index in [0.717, 1.165) is 21.6 Å². The van der Waals surface area contributed by atoms with E-state index in [9.17, 15) is 13.2 Å². The fraction of sp³-hybridized carbons (Fsp3) is 0.292. The van der Waals surface area contributed by atoms with Gasteiger partial charge in [0, 0.05) is 22.9 Å². The van der Waals surface area contributed by atoms with Crippen LogP contribution >= 0.6 is 11.8 Å². The minimum atomic E-state index is -3.86. The van der Waals surface area contributed by atoms with Crippen molar-refractivity contribution in [1.29, 1.82) is 0 Å². The lowest BCUT2D eigenvalue weighted by molar-refractivity contribution is -0.116. The monoisotopic (exact) mass is 439 g/mol. The molecule has 0 bridgehead atoms. The molecular weight excluding hydrogens is 414 g/mol. The van der Waals surface area contributed by atoms with Crippen LogP contribution in [0.5, 0.6) is 0 Å². The summed E-state index contributed by atoms with van der Waals surface area (Å²) >= 11 is 1.53. The van der Waals surface area contributed by atoms with Crippen molar-refractivity contribution < 1.29 is 13.2 Å². The largest absolute Gasteiger partial charge is 0.295 e. The number of fused-ring (bicyclic) bond motifs is 1. The number of aryl methyl sites for hydroxylation is 2. The number of carbonyl (C=O) groups excluding carboxylic acids is 1. The van der Waals surface area contributed by atoms with Crippen LogP contribution in [-0.2, 0) is 20.4 Å². The normalized spacial score (nSPS) is 23.8. The summed E-state index contributed by atoms with van der Waals surface area (Å²) in [6.07, 6.45) is 5.59. The van der Waals surface area contributed by atoms with Crippen LogP contribution in [0.15, 0.2) is 76.2 Å². The Morgan fingerprint density at radius 1 is 1.03 bits per heavy atom. The average Bonchev–Trinajstić information content (AvgIpc) is 2.96. The summed E-state index contributed by atoms with van der Waals surface area (Å²) in [5.74, 6) is -0.218. The number of thioether (sulfide) groups is 1. The van der Waals surface area contributed by atoms with Crippen LogP contribution in [0.25, 0.3) is 0 Å². The van der Waals surface area contributed by atoms with Gasteiger partial charge in [-0.15, -0.1) is 11.8 Å². The number of sulfonamides is 1. The molecule has 156 valence electrons. The molecule has 2 aromatic rings. The van der Waals surface area contributed by atoms with Gasteiger partial charge in [-0.1, -0.05) is 47.5 Å². The van der Waals surface area contributed by atoms with Crippen molar-refractivity contribution in [2.45, 2.75) is 37.6 Å². The molecule has 4 rings (SSSR count). The Bertz CT molecular complexity index is 1180. The Kier molecular flexibility index (Phi) is 5.19. The predicted octanol–water partition coefficient (Wildman–Crippen LogP) is 4.94. The fourth-order valence-electron chi connectivity index (χ4n) is 4.69. The molecule has 6 heteroatoms. The number of allylic oxidation sites excluding steroid dienone is 2. The van der Waals surface area contributed by atoms with Crippen molar-refractivity contribution >= 4 is 27.6 Å². The number of carbonyl (C=O) groups is 1. The van der Waals surface area contributed by atoms with E-state index < -0.39 is 15.6 Å². The van der Waals surface area contributed by atoms with Gasteiger partial charge in [-0.2, -0.15) is 0 Å². The quantitative estimate of drug-likeness (QED) is 0.677. The van der Waals surface area contributed by atoms with Gasteiger partial charge in [0.15, 0.2) is 5.78 Å². The number of rotatable bonds is 4. The first-order chi connectivity index (χ1) is 14.2. The molecule has 30 heavy (non-hydrogen) atoms. The summed E-state index contributed by atoms with van der Waals surface area (Å²) in [5.41, 5.74) is 2.67. The zero-order valence-corrected chi connectivity index (χ0v) is 19.2. The smallest absolute Gasteiger partial charge is 0.265 e. The van der Waals surface area contributed by atoms with Gasteiger partial charge < -0.3 is 0 Å². The topological polar surface area (TPSA) is 54.5 Å². The van der Waals surface area contributed by atoms with Crippen molar-refractivity contribution in [3.8, 4) is 0 Å². The lowest BCUT2D eigenvalue weighted by atomic mass is 9.73. The minimum Gasteiger partial charge on any atom is -0.295 e. The van der Waals surface area contributed by atoms with Gasteiger partial charge in [0.2, 0.25) is 0 Å². The van der Waals surface area contributed by atoms with Crippen LogP contribution in [0, 0.1) is 19.8 Å². The first-order valence-corrected chi connectivity index (χ1v) is 12.5. The second kappa shape index (κ2) is 7.43. The standard InChI is InChI=1S/C24H25NO3S2/c1-16-8-10-21(11-9-16)30(27,28)25-18(3)23(29-4)22-15-20(26)12-13-24(22,25)19-7-5-6-17(2)14-19/h5-14,22H,15H2,1-4H3/t22-,24+/m0/s1. The van der Waals surface area contributed by atoms with E-state index in [2.05, 4.69) is 0 Å². The summed E-state index contributed by atoms with van der Waals surface area (Å²) in [6, 6.07) is 14.9. The first-order valence-electron chi connectivity index (χ1n) is 9.88. The molecule has 0 unspecified atom stereocenters. The molecule has 0 radical (unpaired) electrons. The summed E-state index contributed by atoms with van der Waals surface area (Å²) < 4.78 is 29.5. The Morgan fingerprint density at radius 3 is 2.37 bits per heavy atom. The highest BCUT2D eigenvalue weighted by Gasteiger charge is 2.57.